The van der Waals surface area contributed by atoms with Crippen LogP contribution < -0.4 is 5.11 Å². The summed E-state index contributed by atoms with van der Waals surface area (Å²) in [6, 6.07) is 4.93. The topological polar surface area (TPSA) is 58.0 Å². The molecule has 0 saturated heterocycles. The molecule has 0 saturated carbocycles. The second-order valence-electron chi connectivity index (χ2n) is 3.84. The summed E-state index contributed by atoms with van der Waals surface area (Å²) in [6.45, 7) is 3.26. The second kappa shape index (κ2) is 4.63. The van der Waals surface area contributed by atoms with E-state index in [1.54, 1.807) is 32.0 Å². The van der Waals surface area contributed by atoms with E-state index in [0.717, 1.165) is 0 Å². The molecule has 0 aliphatic heterocycles. The summed E-state index contributed by atoms with van der Waals surface area (Å²) < 4.78 is 1.47. The number of hydrogen-bond donors (Lipinski definition) is 0. The van der Waals surface area contributed by atoms with Gasteiger partial charge in [-0.05, 0) is 32.0 Å². The number of aromatic carboxylic acids is 1. The van der Waals surface area contributed by atoms with E-state index in [2.05, 4.69) is 5.10 Å². The molecule has 1 aromatic carbocycles. The Labute approximate surface area is 114 Å². The number of nitrogens with zero attached hydrogens (tertiary/aromatic N) is 2. The van der Waals surface area contributed by atoms with Crippen LogP contribution in [0.2, 0.25) is 10.0 Å². The highest BCUT2D eigenvalue weighted by Crippen LogP contribution is 2.26. The summed E-state index contributed by atoms with van der Waals surface area (Å²) in [6.07, 6.45) is 0. The molecule has 1 aromatic heterocycles. The Morgan fingerprint density at radius 1 is 1.33 bits per heavy atom. The van der Waals surface area contributed by atoms with Crippen molar-refractivity contribution in [2.45, 2.75) is 13.8 Å². The van der Waals surface area contributed by atoms with Crippen molar-refractivity contribution >= 4 is 29.2 Å². The van der Waals surface area contributed by atoms with Crippen molar-refractivity contribution in [2.75, 3.05) is 0 Å². The number of carbonyl (C=O) groups is 1. The predicted octanol–water partition coefficient (Wildman–Crippen LogP) is 2.16. The minimum atomic E-state index is -1.25. The second-order valence-corrected chi connectivity index (χ2v) is 4.68. The van der Waals surface area contributed by atoms with Crippen LogP contribution in [0.15, 0.2) is 18.2 Å². The monoisotopic (exact) mass is 283 g/mol. The Balaban J connectivity index is 2.65. The molecule has 2 rings (SSSR count). The fourth-order valence-electron chi connectivity index (χ4n) is 1.83. The van der Waals surface area contributed by atoms with Crippen LogP contribution >= 0.6 is 23.2 Å². The number of aromatic nitrogens is 2. The molecule has 0 amide bonds. The smallest absolute Gasteiger partial charge is 0.0836 e. The van der Waals surface area contributed by atoms with Crippen molar-refractivity contribution in [3.8, 4) is 5.69 Å². The summed E-state index contributed by atoms with van der Waals surface area (Å²) in [5.41, 5.74) is 1.52. The van der Waals surface area contributed by atoms with Gasteiger partial charge in [0.1, 0.15) is 0 Å². The van der Waals surface area contributed by atoms with E-state index in [-0.39, 0.29) is 5.56 Å². The van der Waals surface area contributed by atoms with Crippen molar-refractivity contribution in [3.05, 3.63) is 45.2 Å². The lowest BCUT2D eigenvalue weighted by Gasteiger charge is -2.08. The lowest BCUT2D eigenvalue weighted by molar-refractivity contribution is -0.255. The lowest BCUT2D eigenvalue weighted by Crippen LogP contribution is -2.23. The number of rotatable bonds is 2. The molecule has 0 N–H and O–H groups in total. The largest absolute Gasteiger partial charge is 0.545 e. The van der Waals surface area contributed by atoms with Gasteiger partial charge in [0.25, 0.3) is 0 Å². The number of carboxylic acids is 1. The zero-order valence-electron chi connectivity index (χ0n) is 9.70. The van der Waals surface area contributed by atoms with Gasteiger partial charge in [0.15, 0.2) is 0 Å². The third kappa shape index (κ3) is 2.09. The Kier molecular flexibility index (Phi) is 3.32. The molecular weight excluding hydrogens is 275 g/mol. The summed E-state index contributed by atoms with van der Waals surface area (Å²) in [7, 11) is 0. The number of carboxylic acid groups (broad SMARTS) is 1. The van der Waals surface area contributed by atoms with Gasteiger partial charge in [-0.1, -0.05) is 23.2 Å². The van der Waals surface area contributed by atoms with Gasteiger partial charge in [-0.2, -0.15) is 5.10 Å². The molecule has 4 nitrogen and oxygen atoms in total. The Hall–Kier alpha value is -1.52. The average Bonchev–Trinajstić information content (AvgIpc) is 2.54. The fraction of sp³-hybridized carbons (Fsp3) is 0.167. The maximum atomic E-state index is 11.0. The molecule has 0 radical (unpaired) electrons. The normalized spacial score (nSPS) is 10.7. The summed E-state index contributed by atoms with van der Waals surface area (Å²) in [5, 5.41) is 16.1. The molecule has 0 unspecified atom stereocenters. The number of halogens is 2. The summed E-state index contributed by atoms with van der Waals surface area (Å²) in [5.74, 6) is -1.25. The SMILES string of the molecule is Cc1nn(-c2ccc(Cl)cc2Cl)c(C)c1C(=O)[O-]. The molecule has 6 heteroatoms. The van der Waals surface area contributed by atoms with E-state index in [1.165, 1.54) is 4.68 Å². The first kappa shape index (κ1) is 12.9. The Morgan fingerprint density at radius 2 is 2.00 bits per heavy atom. The molecule has 2 aromatic rings. The van der Waals surface area contributed by atoms with Crippen LogP contribution in [0.4, 0.5) is 0 Å². The van der Waals surface area contributed by atoms with E-state index in [4.69, 9.17) is 23.2 Å². The highest BCUT2D eigenvalue weighted by atomic mass is 35.5. The third-order valence-electron chi connectivity index (χ3n) is 2.63. The van der Waals surface area contributed by atoms with Crippen molar-refractivity contribution in [3.63, 3.8) is 0 Å². The van der Waals surface area contributed by atoms with Crippen LogP contribution in [0.5, 0.6) is 0 Å². The molecule has 1 heterocycles. The third-order valence-corrected chi connectivity index (χ3v) is 3.17. The first-order chi connectivity index (χ1) is 8.41. The van der Waals surface area contributed by atoms with Crippen LogP contribution in [0.1, 0.15) is 21.7 Å². The molecule has 0 bridgehead atoms. The summed E-state index contributed by atoms with van der Waals surface area (Å²) >= 11 is 11.9. The molecule has 0 fully saturated rings. The Morgan fingerprint density at radius 3 is 2.50 bits per heavy atom. The molecule has 0 aliphatic carbocycles. The fourth-order valence-corrected chi connectivity index (χ4v) is 2.31. The summed E-state index contributed by atoms with van der Waals surface area (Å²) in [4.78, 5) is 11.0. The molecule has 18 heavy (non-hydrogen) atoms. The molecule has 0 spiro atoms. The number of hydrogen-bond acceptors (Lipinski definition) is 3. The Bertz CT molecular complexity index is 635. The van der Waals surface area contributed by atoms with Crippen LogP contribution in [0.3, 0.4) is 0 Å². The molecule has 0 aliphatic rings. The van der Waals surface area contributed by atoms with Crippen molar-refractivity contribution < 1.29 is 9.90 Å². The first-order valence-electron chi connectivity index (χ1n) is 5.15. The minimum absolute atomic E-state index is 0.0843. The van der Waals surface area contributed by atoms with Gasteiger partial charge in [-0.15, -0.1) is 0 Å². The van der Waals surface area contributed by atoms with Crippen LogP contribution in [-0.4, -0.2) is 15.7 Å². The van der Waals surface area contributed by atoms with Crippen LogP contribution in [0.25, 0.3) is 5.69 Å². The predicted molar refractivity (Wildman–Crippen MR) is 67.4 cm³/mol. The highest BCUT2D eigenvalue weighted by Gasteiger charge is 2.15. The average molecular weight is 284 g/mol. The maximum absolute atomic E-state index is 11.0. The van der Waals surface area contributed by atoms with Gasteiger partial charge in [0, 0.05) is 10.6 Å². The highest BCUT2D eigenvalue weighted by molar-refractivity contribution is 6.35. The van der Waals surface area contributed by atoms with E-state index in [1.807, 2.05) is 0 Å². The standard InChI is InChI=1S/C12H10Cl2N2O2/c1-6-11(12(17)18)7(2)16(15-6)10-4-3-8(13)5-9(10)14/h3-5H,1-2H3,(H,17,18)/p-1. The number of aryl methyl sites for hydroxylation is 1. The van der Waals surface area contributed by atoms with Gasteiger partial charge >= 0.3 is 0 Å². The van der Waals surface area contributed by atoms with E-state index >= 15 is 0 Å². The van der Waals surface area contributed by atoms with Crippen molar-refractivity contribution in [1.29, 1.82) is 0 Å². The number of carbonyl (C=O) groups excluding carboxylic acids is 1. The zero-order chi connectivity index (χ0) is 13.4. The zero-order valence-corrected chi connectivity index (χ0v) is 11.2. The van der Waals surface area contributed by atoms with E-state index in [0.29, 0.717) is 27.1 Å². The maximum Gasteiger partial charge on any atom is 0.0836 e. The van der Waals surface area contributed by atoms with Crippen LogP contribution in [-0.2, 0) is 0 Å². The van der Waals surface area contributed by atoms with E-state index in [9.17, 15) is 9.90 Å². The van der Waals surface area contributed by atoms with Gasteiger partial charge in [-0.25, -0.2) is 4.68 Å². The number of benzene rings is 1. The van der Waals surface area contributed by atoms with E-state index < -0.39 is 5.97 Å². The van der Waals surface area contributed by atoms with Crippen LogP contribution in [0, 0.1) is 13.8 Å². The molecule has 94 valence electrons. The minimum Gasteiger partial charge on any atom is -0.545 e. The van der Waals surface area contributed by atoms with Gasteiger partial charge in [0.05, 0.1) is 28.1 Å². The quantitative estimate of drug-likeness (QED) is 0.849. The first-order valence-corrected chi connectivity index (χ1v) is 5.90. The van der Waals surface area contributed by atoms with Crippen molar-refractivity contribution in [1.82, 2.24) is 9.78 Å². The van der Waals surface area contributed by atoms with Gasteiger partial charge in [-0.3, -0.25) is 0 Å². The van der Waals surface area contributed by atoms with Gasteiger partial charge in [0.2, 0.25) is 0 Å². The van der Waals surface area contributed by atoms with Crippen molar-refractivity contribution in [2.24, 2.45) is 0 Å². The molecular formula is C12H9Cl2N2O2-. The lowest BCUT2D eigenvalue weighted by atomic mass is 10.2. The van der Waals surface area contributed by atoms with Gasteiger partial charge < -0.3 is 9.90 Å². The molecule has 0 atom stereocenters.